The van der Waals surface area contributed by atoms with Crippen LogP contribution < -0.4 is 5.32 Å². The van der Waals surface area contributed by atoms with Crippen molar-refractivity contribution in [3.05, 3.63) is 39.9 Å². The topological polar surface area (TPSA) is 29.1 Å². The first-order valence-electron chi connectivity index (χ1n) is 6.64. The molecule has 0 radical (unpaired) electrons. The maximum absolute atomic E-state index is 12.4. The summed E-state index contributed by atoms with van der Waals surface area (Å²) in [5.74, 6) is 0.345. The van der Waals surface area contributed by atoms with Crippen LogP contribution in [0, 0.1) is 17.3 Å². The summed E-state index contributed by atoms with van der Waals surface area (Å²) < 4.78 is 0. The molecule has 2 unspecified atom stereocenters. The van der Waals surface area contributed by atoms with E-state index in [1.807, 2.05) is 0 Å². The number of carbonyl (C=O) groups is 1. The van der Waals surface area contributed by atoms with Gasteiger partial charge in [0.15, 0.2) is 0 Å². The SMILES string of the molecule is CC(C)=CC1C(C(=O)Nc2ccc(Cl)c(Cl)c2)C1(C)C. The average Bonchev–Trinajstić information content (AvgIpc) is 2.84. The van der Waals surface area contributed by atoms with Crippen molar-refractivity contribution in [1.82, 2.24) is 0 Å². The van der Waals surface area contributed by atoms with Crippen LogP contribution in [0.15, 0.2) is 29.8 Å². The molecule has 1 amide bonds. The predicted octanol–water partition coefficient (Wildman–Crippen LogP) is 5.17. The third-order valence-corrected chi connectivity index (χ3v) is 4.63. The van der Waals surface area contributed by atoms with Crippen molar-refractivity contribution in [2.45, 2.75) is 27.7 Å². The molecule has 20 heavy (non-hydrogen) atoms. The van der Waals surface area contributed by atoms with Crippen LogP contribution >= 0.6 is 23.2 Å². The summed E-state index contributed by atoms with van der Waals surface area (Å²) in [7, 11) is 0. The highest BCUT2D eigenvalue weighted by Gasteiger charge is 2.60. The molecule has 0 saturated heterocycles. The molecule has 1 aromatic rings. The lowest BCUT2D eigenvalue weighted by molar-refractivity contribution is -0.118. The molecule has 0 aliphatic heterocycles. The van der Waals surface area contributed by atoms with Gasteiger partial charge in [-0.2, -0.15) is 0 Å². The van der Waals surface area contributed by atoms with Gasteiger partial charge in [0, 0.05) is 5.69 Å². The molecule has 0 heterocycles. The van der Waals surface area contributed by atoms with Gasteiger partial charge >= 0.3 is 0 Å². The molecule has 1 saturated carbocycles. The number of nitrogens with one attached hydrogen (secondary N) is 1. The summed E-state index contributed by atoms with van der Waals surface area (Å²) in [5.41, 5.74) is 1.94. The van der Waals surface area contributed by atoms with Gasteiger partial charge in [-0.1, -0.05) is 48.7 Å². The van der Waals surface area contributed by atoms with E-state index in [0.29, 0.717) is 21.7 Å². The van der Waals surface area contributed by atoms with E-state index in [-0.39, 0.29) is 17.2 Å². The van der Waals surface area contributed by atoms with E-state index >= 15 is 0 Å². The third kappa shape index (κ3) is 3.02. The molecule has 0 aromatic heterocycles. The summed E-state index contributed by atoms with van der Waals surface area (Å²) in [5, 5.41) is 3.85. The zero-order valence-corrected chi connectivity index (χ0v) is 13.6. The number of allylic oxidation sites excluding steroid dienone is 2. The standard InChI is InChI=1S/C16H19Cl2NO/c1-9(2)7-11-14(16(11,3)4)15(20)19-10-5-6-12(17)13(18)8-10/h5-8,11,14H,1-4H3,(H,19,20). The summed E-state index contributed by atoms with van der Waals surface area (Å²) in [6.07, 6.45) is 2.18. The predicted molar refractivity (Wildman–Crippen MR) is 85.3 cm³/mol. The fraction of sp³-hybridized carbons (Fsp3) is 0.438. The zero-order chi connectivity index (χ0) is 15.1. The fourth-order valence-electron chi connectivity index (χ4n) is 2.64. The molecule has 1 fully saturated rings. The Kier molecular flexibility index (Phi) is 4.17. The molecular weight excluding hydrogens is 293 g/mol. The van der Waals surface area contributed by atoms with Crippen LogP contribution in [-0.2, 0) is 4.79 Å². The summed E-state index contributed by atoms with van der Waals surface area (Å²) >= 11 is 11.8. The van der Waals surface area contributed by atoms with Crippen molar-refractivity contribution in [1.29, 1.82) is 0 Å². The second kappa shape index (κ2) is 5.42. The van der Waals surface area contributed by atoms with Gasteiger partial charge in [0.2, 0.25) is 5.91 Å². The first kappa shape index (κ1) is 15.4. The van der Waals surface area contributed by atoms with Crippen molar-refractivity contribution in [3.63, 3.8) is 0 Å². The number of benzene rings is 1. The Morgan fingerprint density at radius 3 is 2.45 bits per heavy atom. The van der Waals surface area contributed by atoms with Crippen LogP contribution in [0.2, 0.25) is 10.0 Å². The first-order valence-corrected chi connectivity index (χ1v) is 7.40. The Labute approximate surface area is 130 Å². The zero-order valence-electron chi connectivity index (χ0n) is 12.1. The number of anilines is 1. The summed E-state index contributed by atoms with van der Waals surface area (Å²) in [4.78, 5) is 12.4. The van der Waals surface area contributed by atoms with Gasteiger partial charge in [-0.15, -0.1) is 0 Å². The lowest BCUT2D eigenvalue weighted by Gasteiger charge is -2.07. The molecule has 2 atom stereocenters. The smallest absolute Gasteiger partial charge is 0.228 e. The molecule has 4 heteroatoms. The highest BCUT2D eigenvalue weighted by Crippen LogP contribution is 2.59. The van der Waals surface area contributed by atoms with Gasteiger partial charge < -0.3 is 5.32 Å². The molecule has 1 aliphatic carbocycles. The van der Waals surface area contributed by atoms with Crippen LogP contribution in [-0.4, -0.2) is 5.91 Å². The second-order valence-electron chi connectivity index (χ2n) is 6.19. The molecule has 1 aromatic carbocycles. The van der Waals surface area contributed by atoms with Gasteiger partial charge in [-0.05, 0) is 43.4 Å². The third-order valence-electron chi connectivity index (χ3n) is 3.89. The van der Waals surface area contributed by atoms with E-state index in [1.165, 1.54) is 5.57 Å². The highest BCUT2D eigenvalue weighted by atomic mass is 35.5. The minimum atomic E-state index is 0.00635. The number of amides is 1. The van der Waals surface area contributed by atoms with Gasteiger partial charge in [0.05, 0.1) is 16.0 Å². The van der Waals surface area contributed by atoms with E-state index in [1.54, 1.807) is 18.2 Å². The van der Waals surface area contributed by atoms with Crippen molar-refractivity contribution < 1.29 is 4.79 Å². The van der Waals surface area contributed by atoms with Crippen LogP contribution in [0.4, 0.5) is 5.69 Å². The number of carbonyl (C=O) groups excluding carboxylic acids is 1. The van der Waals surface area contributed by atoms with E-state index in [4.69, 9.17) is 23.2 Å². The monoisotopic (exact) mass is 311 g/mol. The van der Waals surface area contributed by atoms with Gasteiger partial charge in [0.25, 0.3) is 0 Å². The van der Waals surface area contributed by atoms with E-state index in [9.17, 15) is 4.79 Å². The molecule has 2 nitrogen and oxygen atoms in total. The van der Waals surface area contributed by atoms with Crippen LogP contribution in [0.25, 0.3) is 0 Å². The lowest BCUT2D eigenvalue weighted by atomic mass is 10.1. The number of hydrogen-bond donors (Lipinski definition) is 1. The van der Waals surface area contributed by atoms with Crippen LogP contribution in [0.5, 0.6) is 0 Å². The van der Waals surface area contributed by atoms with E-state index in [0.717, 1.165) is 0 Å². The summed E-state index contributed by atoms with van der Waals surface area (Å²) in [6, 6.07) is 5.12. The first-order chi connectivity index (χ1) is 9.23. The molecule has 108 valence electrons. The lowest BCUT2D eigenvalue weighted by Crippen LogP contribution is -2.16. The Hall–Kier alpha value is -0.990. The Morgan fingerprint density at radius 2 is 1.90 bits per heavy atom. The number of rotatable bonds is 3. The van der Waals surface area contributed by atoms with Crippen LogP contribution in [0.1, 0.15) is 27.7 Å². The van der Waals surface area contributed by atoms with Crippen molar-refractivity contribution >= 4 is 34.8 Å². The normalized spacial score (nSPS) is 23.1. The van der Waals surface area contributed by atoms with Crippen molar-refractivity contribution in [3.8, 4) is 0 Å². The van der Waals surface area contributed by atoms with Crippen molar-refractivity contribution in [2.24, 2.45) is 17.3 Å². The fourth-order valence-corrected chi connectivity index (χ4v) is 2.94. The maximum atomic E-state index is 12.4. The Bertz CT molecular complexity index is 574. The molecule has 2 rings (SSSR count). The minimum absolute atomic E-state index is 0.00635. The number of halogens is 2. The van der Waals surface area contributed by atoms with E-state index < -0.39 is 0 Å². The molecule has 0 spiro atoms. The Balaban J connectivity index is 2.10. The maximum Gasteiger partial charge on any atom is 0.228 e. The second-order valence-corrected chi connectivity index (χ2v) is 7.00. The average molecular weight is 312 g/mol. The molecule has 0 bridgehead atoms. The quantitative estimate of drug-likeness (QED) is 0.766. The minimum Gasteiger partial charge on any atom is -0.326 e. The molecule has 1 aliphatic rings. The van der Waals surface area contributed by atoms with Gasteiger partial charge in [-0.25, -0.2) is 0 Å². The largest absolute Gasteiger partial charge is 0.326 e. The van der Waals surface area contributed by atoms with Gasteiger partial charge in [-0.3, -0.25) is 4.79 Å². The van der Waals surface area contributed by atoms with Crippen molar-refractivity contribution in [2.75, 3.05) is 5.32 Å². The number of hydrogen-bond acceptors (Lipinski definition) is 1. The highest BCUT2D eigenvalue weighted by molar-refractivity contribution is 6.42. The Morgan fingerprint density at radius 1 is 1.25 bits per heavy atom. The van der Waals surface area contributed by atoms with Gasteiger partial charge in [0.1, 0.15) is 0 Å². The molecule has 1 N–H and O–H groups in total. The summed E-state index contributed by atoms with van der Waals surface area (Å²) in [6.45, 7) is 8.36. The van der Waals surface area contributed by atoms with E-state index in [2.05, 4.69) is 39.1 Å². The molecular formula is C16H19Cl2NO. The van der Waals surface area contributed by atoms with Crippen LogP contribution in [0.3, 0.4) is 0 Å².